The molecular formula is C20H25ClN6O. The van der Waals surface area contributed by atoms with Gasteiger partial charge in [-0.25, -0.2) is 14.6 Å². The van der Waals surface area contributed by atoms with Crippen molar-refractivity contribution in [3.63, 3.8) is 0 Å². The Labute approximate surface area is 169 Å². The van der Waals surface area contributed by atoms with Crippen LogP contribution in [0.15, 0.2) is 24.3 Å². The van der Waals surface area contributed by atoms with Crippen LogP contribution in [0.3, 0.4) is 0 Å². The van der Waals surface area contributed by atoms with Gasteiger partial charge in [0.2, 0.25) is 0 Å². The van der Waals surface area contributed by atoms with E-state index in [9.17, 15) is 0 Å². The van der Waals surface area contributed by atoms with Gasteiger partial charge in [0.25, 0.3) is 0 Å². The maximum absolute atomic E-state index is 6.33. The third-order valence-electron chi connectivity index (χ3n) is 4.83. The summed E-state index contributed by atoms with van der Waals surface area (Å²) in [6.07, 6.45) is 2.38. The number of ether oxygens (including phenoxy) is 1. The fourth-order valence-electron chi connectivity index (χ4n) is 3.23. The molecule has 1 aliphatic rings. The monoisotopic (exact) mass is 400 g/mol. The van der Waals surface area contributed by atoms with Crippen molar-refractivity contribution in [1.82, 2.24) is 25.0 Å². The van der Waals surface area contributed by atoms with Gasteiger partial charge < -0.3 is 10.1 Å². The van der Waals surface area contributed by atoms with Gasteiger partial charge in [-0.2, -0.15) is 0 Å². The molecule has 0 aliphatic carbocycles. The van der Waals surface area contributed by atoms with Crippen LogP contribution in [0, 0.1) is 0 Å². The lowest BCUT2D eigenvalue weighted by atomic mass is 9.96. The van der Waals surface area contributed by atoms with Gasteiger partial charge in [-0.1, -0.05) is 55.8 Å². The molecule has 1 fully saturated rings. The summed E-state index contributed by atoms with van der Waals surface area (Å²) in [6.45, 7) is 8.32. The zero-order chi connectivity index (χ0) is 19.7. The predicted octanol–water partition coefficient (Wildman–Crippen LogP) is 3.81. The summed E-state index contributed by atoms with van der Waals surface area (Å²) in [6, 6.07) is 7.74. The molecule has 0 radical (unpaired) electrons. The Hall–Kier alpha value is -2.25. The third-order valence-corrected chi connectivity index (χ3v) is 5.20. The van der Waals surface area contributed by atoms with Crippen molar-refractivity contribution in [2.45, 2.75) is 51.7 Å². The van der Waals surface area contributed by atoms with Crippen LogP contribution in [-0.4, -0.2) is 44.2 Å². The molecule has 1 atom stereocenters. The summed E-state index contributed by atoms with van der Waals surface area (Å²) in [5, 5.41) is 12.8. The first kappa shape index (κ1) is 19.1. The second kappa shape index (κ2) is 7.64. The van der Waals surface area contributed by atoms with Crippen LogP contribution in [0.25, 0.3) is 11.2 Å². The van der Waals surface area contributed by atoms with Crippen molar-refractivity contribution in [3.05, 3.63) is 40.7 Å². The van der Waals surface area contributed by atoms with E-state index in [0.29, 0.717) is 35.1 Å². The maximum atomic E-state index is 6.33. The Morgan fingerprint density at radius 2 is 2.07 bits per heavy atom. The molecule has 0 spiro atoms. The van der Waals surface area contributed by atoms with Gasteiger partial charge in [0.15, 0.2) is 17.0 Å². The lowest BCUT2D eigenvalue weighted by Gasteiger charge is -2.18. The van der Waals surface area contributed by atoms with Gasteiger partial charge in [-0.15, -0.1) is 5.10 Å². The van der Waals surface area contributed by atoms with E-state index in [0.717, 1.165) is 30.8 Å². The first-order valence-electron chi connectivity index (χ1n) is 9.62. The number of benzene rings is 1. The molecular weight excluding hydrogens is 376 g/mol. The molecule has 0 bridgehead atoms. The summed E-state index contributed by atoms with van der Waals surface area (Å²) in [5.41, 5.74) is 2.14. The Balaban J connectivity index is 1.71. The van der Waals surface area contributed by atoms with Gasteiger partial charge >= 0.3 is 0 Å². The summed E-state index contributed by atoms with van der Waals surface area (Å²) in [7, 11) is 0. The second-order valence-corrected chi connectivity index (χ2v) is 8.58. The van der Waals surface area contributed by atoms with Crippen molar-refractivity contribution in [3.8, 4) is 0 Å². The topological polar surface area (TPSA) is 77.8 Å². The van der Waals surface area contributed by atoms with Gasteiger partial charge in [0.05, 0.1) is 12.6 Å². The van der Waals surface area contributed by atoms with E-state index >= 15 is 0 Å². The molecule has 1 aromatic carbocycles. The number of nitrogens with zero attached hydrogens (tertiary/aromatic N) is 5. The molecule has 7 nitrogen and oxygen atoms in total. The normalized spacial score (nSPS) is 17.4. The number of hydrogen-bond acceptors (Lipinski definition) is 6. The van der Waals surface area contributed by atoms with Crippen molar-refractivity contribution in [1.29, 1.82) is 0 Å². The van der Waals surface area contributed by atoms with Gasteiger partial charge in [-0.3, -0.25) is 0 Å². The first-order chi connectivity index (χ1) is 13.4. The smallest absolute Gasteiger partial charge is 0.184 e. The minimum Gasteiger partial charge on any atom is -0.376 e. The Morgan fingerprint density at radius 1 is 1.25 bits per heavy atom. The van der Waals surface area contributed by atoms with E-state index in [4.69, 9.17) is 26.3 Å². The number of halogens is 1. The summed E-state index contributed by atoms with van der Waals surface area (Å²) in [5.74, 6) is 1.45. The highest BCUT2D eigenvalue weighted by Crippen LogP contribution is 2.26. The van der Waals surface area contributed by atoms with Crippen LogP contribution >= 0.6 is 11.6 Å². The molecule has 8 heteroatoms. The number of hydrogen-bond donors (Lipinski definition) is 1. The molecule has 0 amide bonds. The highest BCUT2D eigenvalue weighted by Gasteiger charge is 2.24. The zero-order valence-electron chi connectivity index (χ0n) is 16.4. The SMILES string of the molecule is CC(C)(C)c1nc(NC[C@H]2CCCO2)c2nnn(Cc3ccccc3Cl)c2n1. The van der Waals surface area contributed by atoms with Gasteiger partial charge in [0, 0.05) is 23.6 Å². The molecule has 4 rings (SSSR count). The predicted molar refractivity (Wildman–Crippen MR) is 110 cm³/mol. The van der Waals surface area contributed by atoms with Crippen LogP contribution in [-0.2, 0) is 16.7 Å². The van der Waals surface area contributed by atoms with E-state index < -0.39 is 0 Å². The highest BCUT2D eigenvalue weighted by atomic mass is 35.5. The van der Waals surface area contributed by atoms with E-state index in [-0.39, 0.29) is 11.5 Å². The van der Waals surface area contributed by atoms with Crippen molar-refractivity contribution < 1.29 is 4.74 Å². The van der Waals surface area contributed by atoms with Crippen LogP contribution < -0.4 is 5.32 Å². The molecule has 1 aliphatic heterocycles. The number of nitrogens with one attached hydrogen (secondary N) is 1. The molecule has 1 saturated heterocycles. The number of aromatic nitrogens is 5. The fraction of sp³-hybridized carbons (Fsp3) is 0.500. The zero-order valence-corrected chi connectivity index (χ0v) is 17.2. The van der Waals surface area contributed by atoms with E-state index in [1.807, 2.05) is 24.3 Å². The minimum atomic E-state index is -0.200. The highest BCUT2D eigenvalue weighted by molar-refractivity contribution is 6.31. The van der Waals surface area contributed by atoms with Crippen LogP contribution in [0.4, 0.5) is 5.82 Å². The van der Waals surface area contributed by atoms with Crippen LogP contribution in [0.5, 0.6) is 0 Å². The number of rotatable bonds is 5. The first-order valence-corrected chi connectivity index (χ1v) is 10.0. The Bertz CT molecular complexity index is 974. The molecule has 3 heterocycles. The summed E-state index contributed by atoms with van der Waals surface area (Å²) in [4.78, 5) is 9.54. The standard InChI is InChI=1S/C20H25ClN6O/c1-20(2,3)19-23-17(22-11-14-8-6-10-28-14)16-18(24-19)27(26-25-16)12-13-7-4-5-9-15(13)21/h4-5,7,9,14H,6,8,10-12H2,1-3H3,(H,22,23,24)/t14-/m1/s1. The van der Waals surface area contributed by atoms with Crippen molar-refractivity contribution >= 4 is 28.6 Å². The van der Waals surface area contributed by atoms with E-state index in [2.05, 4.69) is 36.4 Å². The maximum Gasteiger partial charge on any atom is 0.184 e. The molecule has 1 N–H and O–H groups in total. The molecule has 3 aromatic rings. The molecule has 148 valence electrons. The Kier molecular flexibility index (Phi) is 5.21. The molecule has 28 heavy (non-hydrogen) atoms. The average molecular weight is 401 g/mol. The van der Waals surface area contributed by atoms with Crippen LogP contribution in [0.1, 0.15) is 45.0 Å². The quantitative estimate of drug-likeness (QED) is 0.701. The fourth-order valence-corrected chi connectivity index (χ4v) is 3.42. The minimum absolute atomic E-state index is 0.200. The largest absolute Gasteiger partial charge is 0.376 e. The van der Waals surface area contributed by atoms with E-state index in [1.54, 1.807) is 4.68 Å². The number of anilines is 1. The van der Waals surface area contributed by atoms with Gasteiger partial charge in [-0.05, 0) is 24.5 Å². The lowest BCUT2D eigenvalue weighted by molar-refractivity contribution is 0.120. The van der Waals surface area contributed by atoms with Crippen molar-refractivity contribution in [2.75, 3.05) is 18.5 Å². The molecule has 0 saturated carbocycles. The molecule has 0 unspecified atom stereocenters. The Morgan fingerprint density at radius 3 is 2.79 bits per heavy atom. The van der Waals surface area contributed by atoms with Crippen molar-refractivity contribution in [2.24, 2.45) is 0 Å². The van der Waals surface area contributed by atoms with Crippen LogP contribution in [0.2, 0.25) is 5.02 Å². The average Bonchev–Trinajstić information content (AvgIpc) is 3.31. The summed E-state index contributed by atoms with van der Waals surface area (Å²) < 4.78 is 7.50. The summed E-state index contributed by atoms with van der Waals surface area (Å²) >= 11 is 6.33. The lowest BCUT2D eigenvalue weighted by Crippen LogP contribution is -2.22. The van der Waals surface area contributed by atoms with E-state index in [1.165, 1.54) is 0 Å². The third kappa shape index (κ3) is 3.95. The van der Waals surface area contributed by atoms with Gasteiger partial charge in [0.1, 0.15) is 5.82 Å². The number of fused-ring (bicyclic) bond motifs is 1. The second-order valence-electron chi connectivity index (χ2n) is 8.17. The molecule has 2 aromatic heterocycles.